The molecule has 0 radical (unpaired) electrons. The molecular weight excluding hydrogens is 164 g/mol. The van der Waals surface area contributed by atoms with Crippen LogP contribution in [-0.2, 0) is 4.84 Å². The Labute approximate surface area is 82.0 Å². The summed E-state index contributed by atoms with van der Waals surface area (Å²) in [6.07, 6.45) is 2.42. The first-order chi connectivity index (χ1) is 6.22. The average Bonchev–Trinajstić information content (AvgIpc) is 2.16. The third-order valence-corrected chi connectivity index (χ3v) is 2.64. The number of nitrogens with two attached hydrogens (primary N) is 1. The molecule has 0 rings (SSSR count). The minimum Gasteiger partial charge on any atom is -0.328 e. The smallest absolute Gasteiger partial charge is 0.0804 e. The first-order valence-electron chi connectivity index (χ1n) is 5.27. The van der Waals surface area contributed by atoms with Crippen molar-refractivity contribution in [1.82, 2.24) is 5.48 Å². The number of nitrogens with one attached hydrogen (secondary N) is 1. The van der Waals surface area contributed by atoms with E-state index in [1.54, 1.807) is 0 Å². The molecule has 0 aliphatic rings. The van der Waals surface area contributed by atoms with Crippen molar-refractivity contribution < 1.29 is 4.84 Å². The topological polar surface area (TPSA) is 47.3 Å². The molecule has 2 atom stereocenters. The number of hydrogen-bond donors (Lipinski definition) is 2. The van der Waals surface area contributed by atoms with Crippen LogP contribution in [0.25, 0.3) is 0 Å². The van der Waals surface area contributed by atoms with Crippen LogP contribution in [0.4, 0.5) is 0 Å². The van der Waals surface area contributed by atoms with E-state index in [2.05, 4.69) is 26.3 Å². The molecule has 3 nitrogen and oxygen atoms in total. The summed E-state index contributed by atoms with van der Waals surface area (Å²) >= 11 is 0. The van der Waals surface area contributed by atoms with Crippen molar-refractivity contribution in [2.75, 3.05) is 19.7 Å². The summed E-state index contributed by atoms with van der Waals surface area (Å²) in [5.41, 5.74) is 8.19. The molecule has 0 bridgehead atoms. The molecule has 0 spiro atoms. The normalized spacial score (nSPS) is 15.7. The zero-order chi connectivity index (χ0) is 10.1. The van der Waals surface area contributed by atoms with Gasteiger partial charge >= 0.3 is 0 Å². The Morgan fingerprint density at radius 2 is 2.00 bits per heavy atom. The van der Waals surface area contributed by atoms with Crippen LogP contribution in [-0.4, -0.2) is 19.7 Å². The molecule has 0 saturated carbocycles. The number of hydrogen-bond acceptors (Lipinski definition) is 3. The highest BCUT2D eigenvalue weighted by Crippen LogP contribution is 2.16. The molecule has 13 heavy (non-hydrogen) atoms. The molecule has 0 aliphatic heterocycles. The van der Waals surface area contributed by atoms with Gasteiger partial charge in [-0.15, -0.1) is 0 Å². The van der Waals surface area contributed by atoms with E-state index >= 15 is 0 Å². The van der Waals surface area contributed by atoms with Crippen molar-refractivity contribution in [2.24, 2.45) is 17.6 Å². The molecule has 2 unspecified atom stereocenters. The van der Waals surface area contributed by atoms with Crippen LogP contribution in [0.15, 0.2) is 0 Å². The molecule has 3 N–H and O–H groups in total. The summed E-state index contributed by atoms with van der Waals surface area (Å²) in [4.78, 5) is 5.07. The maximum atomic E-state index is 5.28. The Kier molecular flexibility index (Phi) is 8.40. The van der Waals surface area contributed by atoms with E-state index in [9.17, 15) is 0 Å². The molecule has 3 heteroatoms. The lowest BCUT2D eigenvalue weighted by Gasteiger charge is -2.17. The highest BCUT2D eigenvalue weighted by atomic mass is 16.6. The summed E-state index contributed by atoms with van der Waals surface area (Å²) in [5, 5.41) is 0. The molecular formula is C10H24N2O. The lowest BCUT2D eigenvalue weighted by Crippen LogP contribution is -2.23. The molecule has 0 fully saturated rings. The van der Waals surface area contributed by atoms with Crippen molar-refractivity contribution in [3.63, 3.8) is 0 Å². The van der Waals surface area contributed by atoms with E-state index in [1.807, 2.05) is 0 Å². The zero-order valence-corrected chi connectivity index (χ0v) is 9.18. The fourth-order valence-corrected chi connectivity index (χ4v) is 1.18. The minimum atomic E-state index is 0.577. The first-order valence-corrected chi connectivity index (χ1v) is 5.27. The molecule has 0 aromatic carbocycles. The van der Waals surface area contributed by atoms with Gasteiger partial charge in [-0.3, -0.25) is 0 Å². The van der Waals surface area contributed by atoms with Crippen molar-refractivity contribution in [2.45, 2.75) is 33.6 Å². The van der Waals surface area contributed by atoms with E-state index in [0.717, 1.165) is 18.4 Å². The maximum Gasteiger partial charge on any atom is 0.0804 e. The van der Waals surface area contributed by atoms with Gasteiger partial charge in [0.1, 0.15) is 0 Å². The van der Waals surface area contributed by atoms with Crippen LogP contribution >= 0.6 is 0 Å². The largest absolute Gasteiger partial charge is 0.328 e. The fraction of sp³-hybridized carbons (Fsp3) is 1.00. The number of hydroxylamine groups is 1. The first kappa shape index (κ1) is 12.9. The van der Waals surface area contributed by atoms with Crippen molar-refractivity contribution in [3.8, 4) is 0 Å². The SMILES string of the molecule is CCC(C)C(C)CCNOCCN. The summed E-state index contributed by atoms with van der Waals surface area (Å²) in [5.74, 6) is 1.57. The Bertz CT molecular complexity index is 109. The monoisotopic (exact) mass is 188 g/mol. The summed E-state index contributed by atoms with van der Waals surface area (Å²) in [6.45, 7) is 8.92. The van der Waals surface area contributed by atoms with Crippen LogP contribution in [0.1, 0.15) is 33.6 Å². The molecule has 0 heterocycles. The van der Waals surface area contributed by atoms with Gasteiger partial charge in [-0.25, -0.2) is 5.48 Å². The van der Waals surface area contributed by atoms with E-state index in [0.29, 0.717) is 13.2 Å². The molecule has 80 valence electrons. The van der Waals surface area contributed by atoms with Crippen LogP contribution in [0.2, 0.25) is 0 Å². The van der Waals surface area contributed by atoms with Crippen LogP contribution < -0.4 is 11.2 Å². The maximum absolute atomic E-state index is 5.28. The average molecular weight is 188 g/mol. The quantitative estimate of drug-likeness (QED) is 0.448. The lowest BCUT2D eigenvalue weighted by atomic mass is 9.91. The van der Waals surface area contributed by atoms with Gasteiger partial charge in [0.15, 0.2) is 0 Å². The Balaban J connectivity index is 3.21. The third kappa shape index (κ3) is 6.99. The second kappa shape index (κ2) is 8.48. The number of rotatable bonds is 8. The van der Waals surface area contributed by atoms with Gasteiger partial charge in [-0.05, 0) is 18.3 Å². The summed E-state index contributed by atoms with van der Waals surface area (Å²) < 4.78 is 0. The fourth-order valence-electron chi connectivity index (χ4n) is 1.18. The highest BCUT2D eigenvalue weighted by Gasteiger charge is 2.08. The third-order valence-electron chi connectivity index (χ3n) is 2.64. The second-order valence-corrected chi connectivity index (χ2v) is 3.68. The van der Waals surface area contributed by atoms with Crippen molar-refractivity contribution in [3.05, 3.63) is 0 Å². The highest BCUT2D eigenvalue weighted by molar-refractivity contribution is 4.60. The van der Waals surface area contributed by atoms with E-state index in [4.69, 9.17) is 10.6 Å². The zero-order valence-electron chi connectivity index (χ0n) is 9.18. The second-order valence-electron chi connectivity index (χ2n) is 3.68. The standard InChI is InChI=1S/C10H24N2O/c1-4-9(2)10(3)5-7-12-13-8-6-11/h9-10,12H,4-8,11H2,1-3H3. The van der Waals surface area contributed by atoms with Crippen molar-refractivity contribution >= 4 is 0 Å². The Morgan fingerprint density at radius 3 is 2.54 bits per heavy atom. The van der Waals surface area contributed by atoms with Gasteiger partial charge in [0.05, 0.1) is 6.61 Å². The van der Waals surface area contributed by atoms with Gasteiger partial charge in [-0.1, -0.05) is 27.2 Å². The van der Waals surface area contributed by atoms with Crippen LogP contribution in [0.5, 0.6) is 0 Å². The van der Waals surface area contributed by atoms with Crippen LogP contribution in [0.3, 0.4) is 0 Å². The summed E-state index contributed by atoms with van der Waals surface area (Å²) in [6, 6.07) is 0. The van der Waals surface area contributed by atoms with Gasteiger partial charge in [0.2, 0.25) is 0 Å². The predicted molar refractivity (Wildman–Crippen MR) is 56.2 cm³/mol. The molecule has 0 amide bonds. The van der Waals surface area contributed by atoms with Crippen LogP contribution in [0, 0.1) is 11.8 Å². The summed E-state index contributed by atoms with van der Waals surface area (Å²) in [7, 11) is 0. The molecule has 0 aliphatic carbocycles. The van der Waals surface area contributed by atoms with Gasteiger partial charge in [-0.2, -0.15) is 0 Å². The Morgan fingerprint density at radius 1 is 1.31 bits per heavy atom. The van der Waals surface area contributed by atoms with E-state index in [1.165, 1.54) is 12.8 Å². The lowest BCUT2D eigenvalue weighted by molar-refractivity contribution is 0.0425. The molecule has 0 saturated heterocycles. The van der Waals surface area contributed by atoms with Gasteiger partial charge in [0, 0.05) is 13.1 Å². The van der Waals surface area contributed by atoms with Crippen molar-refractivity contribution in [1.29, 1.82) is 0 Å². The molecule has 0 aromatic heterocycles. The van der Waals surface area contributed by atoms with Gasteiger partial charge < -0.3 is 10.6 Å². The van der Waals surface area contributed by atoms with E-state index < -0.39 is 0 Å². The molecule has 0 aromatic rings. The van der Waals surface area contributed by atoms with E-state index in [-0.39, 0.29) is 0 Å². The van der Waals surface area contributed by atoms with Gasteiger partial charge in [0.25, 0.3) is 0 Å². The Hall–Kier alpha value is -0.120. The minimum absolute atomic E-state index is 0.577. The predicted octanol–water partition coefficient (Wildman–Crippen LogP) is 1.54.